The number of carboxylic acid groups (broad SMARTS) is 1. The molecule has 0 fully saturated rings. The Balaban J connectivity index is 3.00. The van der Waals surface area contributed by atoms with Gasteiger partial charge in [0.15, 0.2) is 0 Å². The van der Waals surface area contributed by atoms with Crippen LogP contribution in [-0.2, 0) is 9.53 Å². The number of hydrogen-bond acceptors (Lipinski definition) is 4. The molecule has 0 atom stereocenters. The fourth-order valence-corrected chi connectivity index (χ4v) is 2.00. The molecule has 1 amide bonds. The number of halogens is 1. The summed E-state index contributed by atoms with van der Waals surface area (Å²) in [7, 11) is 2.99. The molecular weight excluding hydrogens is 330 g/mol. The Kier molecular flexibility index (Phi) is 6.47. The molecular formula is C13H16BrNO5. The van der Waals surface area contributed by atoms with Gasteiger partial charge in [0.05, 0.1) is 19.3 Å². The summed E-state index contributed by atoms with van der Waals surface area (Å²) in [6, 6.07) is 4.95. The summed E-state index contributed by atoms with van der Waals surface area (Å²) < 4.78 is 10.5. The highest BCUT2D eigenvalue weighted by Crippen LogP contribution is 2.23. The van der Waals surface area contributed by atoms with Gasteiger partial charge in [0.2, 0.25) is 0 Å². The third-order valence-electron chi connectivity index (χ3n) is 2.58. The first-order valence-corrected chi connectivity index (χ1v) is 6.62. The van der Waals surface area contributed by atoms with Crippen LogP contribution >= 0.6 is 15.9 Å². The Morgan fingerprint density at radius 2 is 2.05 bits per heavy atom. The van der Waals surface area contributed by atoms with Crippen molar-refractivity contribution < 1.29 is 24.2 Å². The van der Waals surface area contributed by atoms with Gasteiger partial charge in [0, 0.05) is 18.1 Å². The quantitative estimate of drug-likeness (QED) is 0.812. The van der Waals surface area contributed by atoms with E-state index in [1.807, 2.05) is 0 Å². The maximum atomic E-state index is 12.4. The minimum absolute atomic E-state index is 0.200. The minimum Gasteiger partial charge on any atom is -0.497 e. The second-order valence-corrected chi connectivity index (χ2v) is 4.81. The number of ether oxygens (including phenoxy) is 2. The molecule has 0 saturated carbocycles. The van der Waals surface area contributed by atoms with Crippen molar-refractivity contribution in [2.45, 2.75) is 0 Å². The van der Waals surface area contributed by atoms with E-state index >= 15 is 0 Å². The normalized spacial score (nSPS) is 10.2. The molecule has 0 unspecified atom stereocenters. The summed E-state index contributed by atoms with van der Waals surface area (Å²) in [6.07, 6.45) is 0. The molecule has 7 heteroatoms. The summed E-state index contributed by atoms with van der Waals surface area (Å²) in [6.45, 7) is 0.0811. The standard InChI is InChI=1S/C13H16BrNO5/c1-19-6-5-15(8-12(16)17)13(18)10-7-9(20-2)3-4-11(10)14/h3-4,7H,5-6,8H2,1-2H3,(H,16,17). The Hall–Kier alpha value is -1.60. The van der Waals surface area contributed by atoms with Gasteiger partial charge in [0.25, 0.3) is 5.91 Å². The van der Waals surface area contributed by atoms with E-state index < -0.39 is 11.9 Å². The van der Waals surface area contributed by atoms with Crippen LogP contribution in [0.2, 0.25) is 0 Å². The molecule has 0 radical (unpaired) electrons. The summed E-state index contributed by atoms with van der Waals surface area (Å²) in [5, 5.41) is 8.88. The first-order valence-electron chi connectivity index (χ1n) is 5.83. The van der Waals surface area contributed by atoms with Crippen LogP contribution in [0.1, 0.15) is 10.4 Å². The third kappa shape index (κ3) is 4.50. The van der Waals surface area contributed by atoms with E-state index in [0.29, 0.717) is 15.8 Å². The van der Waals surface area contributed by atoms with Crippen LogP contribution in [0.3, 0.4) is 0 Å². The molecule has 0 saturated heterocycles. The molecule has 0 heterocycles. The summed E-state index contributed by atoms with van der Waals surface area (Å²) in [5.74, 6) is -0.942. The lowest BCUT2D eigenvalue weighted by Gasteiger charge is -2.21. The summed E-state index contributed by atoms with van der Waals surface area (Å²) >= 11 is 3.28. The molecule has 0 spiro atoms. The molecule has 1 N–H and O–H groups in total. The Bertz CT molecular complexity index is 492. The molecule has 0 aromatic heterocycles. The van der Waals surface area contributed by atoms with Gasteiger partial charge in [-0.3, -0.25) is 9.59 Å². The average Bonchev–Trinajstić information content (AvgIpc) is 2.43. The number of carbonyl (C=O) groups is 2. The van der Waals surface area contributed by atoms with Crippen molar-refractivity contribution in [1.82, 2.24) is 4.90 Å². The van der Waals surface area contributed by atoms with Crippen LogP contribution in [-0.4, -0.2) is 55.8 Å². The van der Waals surface area contributed by atoms with E-state index in [-0.39, 0.29) is 19.7 Å². The SMILES string of the molecule is COCCN(CC(=O)O)C(=O)c1cc(OC)ccc1Br. The molecule has 0 aliphatic carbocycles. The van der Waals surface area contributed by atoms with E-state index in [2.05, 4.69) is 15.9 Å². The van der Waals surface area contributed by atoms with E-state index in [1.165, 1.54) is 19.1 Å². The lowest BCUT2D eigenvalue weighted by atomic mass is 10.2. The molecule has 1 rings (SSSR count). The lowest BCUT2D eigenvalue weighted by Crippen LogP contribution is -2.38. The molecule has 1 aromatic carbocycles. The maximum absolute atomic E-state index is 12.4. The highest BCUT2D eigenvalue weighted by atomic mass is 79.9. The van der Waals surface area contributed by atoms with Crippen LogP contribution in [0.5, 0.6) is 5.75 Å². The van der Waals surface area contributed by atoms with Gasteiger partial charge in [-0.1, -0.05) is 0 Å². The average molecular weight is 346 g/mol. The molecule has 0 bridgehead atoms. The number of carbonyl (C=O) groups excluding carboxylic acids is 1. The molecule has 20 heavy (non-hydrogen) atoms. The largest absolute Gasteiger partial charge is 0.497 e. The van der Waals surface area contributed by atoms with Crippen molar-refractivity contribution in [3.63, 3.8) is 0 Å². The van der Waals surface area contributed by atoms with Crippen LogP contribution in [0.15, 0.2) is 22.7 Å². The van der Waals surface area contributed by atoms with Crippen LogP contribution in [0, 0.1) is 0 Å². The van der Waals surface area contributed by atoms with Gasteiger partial charge in [0.1, 0.15) is 12.3 Å². The number of amides is 1. The maximum Gasteiger partial charge on any atom is 0.323 e. The van der Waals surface area contributed by atoms with E-state index in [0.717, 1.165) is 0 Å². The number of carboxylic acids is 1. The fraction of sp³-hybridized carbons (Fsp3) is 0.385. The summed E-state index contributed by atoms with van der Waals surface area (Å²) in [4.78, 5) is 24.5. The number of rotatable bonds is 7. The Morgan fingerprint density at radius 1 is 1.35 bits per heavy atom. The molecule has 0 aliphatic heterocycles. The number of benzene rings is 1. The van der Waals surface area contributed by atoms with Crippen molar-refractivity contribution in [3.05, 3.63) is 28.2 Å². The van der Waals surface area contributed by atoms with Crippen molar-refractivity contribution in [2.24, 2.45) is 0 Å². The van der Waals surface area contributed by atoms with Crippen molar-refractivity contribution in [1.29, 1.82) is 0 Å². The minimum atomic E-state index is -1.08. The summed E-state index contributed by atoms with van der Waals surface area (Å²) in [5.41, 5.74) is 0.349. The van der Waals surface area contributed by atoms with E-state index in [9.17, 15) is 9.59 Å². The topological polar surface area (TPSA) is 76.1 Å². The number of nitrogens with zero attached hydrogens (tertiary/aromatic N) is 1. The van der Waals surface area contributed by atoms with Crippen LogP contribution < -0.4 is 4.74 Å². The Morgan fingerprint density at radius 3 is 2.60 bits per heavy atom. The van der Waals surface area contributed by atoms with Crippen molar-refractivity contribution in [2.75, 3.05) is 33.9 Å². The Labute approximate surface area is 125 Å². The molecule has 110 valence electrons. The van der Waals surface area contributed by atoms with Gasteiger partial charge in [-0.05, 0) is 34.1 Å². The zero-order valence-electron chi connectivity index (χ0n) is 11.3. The second-order valence-electron chi connectivity index (χ2n) is 3.96. The molecule has 6 nitrogen and oxygen atoms in total. The number of aliphatic carboxylic acids is 1. The van der Waals surface area contributed by atoms with Gasteiger partial charge in [-0.25, -0.2) is 0 Å². The van der Waals surface area contributed by atoms with Crippen molar-refractivity contribution in [3.8, 4) is 5.75 Å². The molecule has 0 aliphatic rings. The van der Waals surface area contributed by atoms with Crippen LogP contribution in [0.4, 0.5) is 0 Å². The van der Waals surface area contributed by atoms with Crippen molar-refractivity contribution >= 4 is 27.8 Å². The lowest BCUT2D eigenvalue weighted by molar-refractivity contribution is -0.137. The highest BCUT2D eigenvalue weighted by Gasteiger charge is 2.21. The molecule has 1 aromatic rings. The highest BCUT2D eigenvalue weighted by molar-refractivity contribution is 9.10. The first kappa shape index (κ1) is 16.5. The third-order valence-corrected chi connectivity index (χ3v) is 3.27. The van der Waals surface area contributed by atoms with Gasteiger partial charge in [-0.2, -0.15) is 0 Å². The number of hydrogen-bond donors (Lipinski definition) is 1. The van der Waals surface area contributed by atoms with Gasteiger partial charge >= 0.3 is 5.97 Å². The zero-order valence-corrected chi connectivity index (χ0v) is 12.8. The number of methoxy groups -OCH3 is 2. The second kappa shape index (κ2) is 7.86. The van der Waals surface area contributed by atoms with Gasteiger partial charge < -0.3 is 19.5 Å². The van der Waals surface area contributed by atoms with E-state index in [4.69, 9.17) is 14.6 Å². The van der Waals surface area contributed by atoms with E-state index in [1.54, 1.807) is 18.2 Å². The van der Waals surface area contributed by atoms with Gasteiger partial charge in [-0.15, -0.1) is 0 Å². The first-order chi connectivity index (χ1) is 9.49. The van der Waals surface area contributed by atoms with Crippen LogP contribution in [0.25, 0.3) is 0 Å². The fourth-order valence-electron chi connectivity index (χ4n) is 1.58. The predicted octanol–water partition coefficient (Wildman–Crippen LogP) is 1.63. The monoisotopic (exact) mass is 345 g/mol. The zero-order chi connectivity index (χ0) is 15.1. The predicted molar refractivity (Wildman–Crippen MR) is 76.1 cm³/mol. The smallest absolute Gasteiger partial charge is 0.323 e.